The number of ether oxygens (including phenoxy) is 1. The van der Waals surface area contributed by atoms with Gasteiger partial charge in [0.1, 0.15) is 5.75 Å². The SMILES string of the molecule is CCNC(=O)c1ccccc1NC(=O)[C@H]1CC(=O)N(c2ccc(OC)cc2)C1. The highest BCUT2D eigenvalue weighted by Crippen LogP contribution is 2.28. The fourth-order valence-corrected chi connectivity index (χ4v) is 3.18. The summed E-state index contributed by atoms with van der Waals surface area (Å²) in [5.74, 6) is -0.423. The van der Waals surface area contributed by atoms with Crippen LogP contribution in [0.1, 0.15) is 23.7 Å². The van der Waals surface area contributed by atoms with E-state index < -0.39 is 5.92 Å². The van der Waals surface area contributed by atoms with Crippen LogP contribution in [0.4, 0.5) is 11.4 Å². The maximum atomic E-state index is 12.7. The van der Waals surface area contributed by atoms with Crippen LogP contribution in [-0.2, 0) is 9.59 Å². The topological polar surface area (TPSA) is 87.7 Å². The molecule has 1 aliphatic heterocycles. The van der Waals surface area contributed by atoms with Crippen LogP contribution < -0.4 is 20.3 Å². The van der Waals surface area contributed by atoms with Gasteiger partial charge in [-0.15, -0.1) is 0 Å². The molecule has 7 heteroatoms. The number of rotatable bonds is 6. The molecule has 0 saturated carbocycles. The molecule has 3 rings (SSSR count). The summed E-state index contributed by atoms with van der Waals surface area (Å²) in [4.78, 5) is 38.9. The number of nitrogens with zero attached hydrogens (tertiary/aromatic N) is 1. The van der Waals surface area contributed by atoms with Crippen molar-refractivity contribution in [2.45, 2.75) is 13.3 Å². The average Bonchev–Trinajstić information content (AvgIpc) is 3.10. The van der Waals surface area contributed by atoms with Gasteiger partial charge in [-0.3, -0.25) is 14.4 Å². The Labute approximate surface area is 163 Å². The maximum Gasteiger partial charge on any atom is 0.253 e. The number of carbonyl (C=O) groups excluding carboxylic acids is 3. The zero-order valence-corrected chi connectivity index (χ0v) is 15.9. The summed E-state index contributed by atoms with van der Waals surface area (Å²) in [6, 6.07) is 14.0. The molecule has 0 spiro atoms. The Hall–Kier alpha value is -3.35. The second kappa shape index (κ2) is 8.56. The summed E-state index contributed by atoms with van der Waals surface area (Å²) >= 11 is 0. The predicted molar refractivity (Wildman–Crippen MR) is 107 cm³/mol. The molecule has 7 nitrogen and oxygen atoms in total. The number of benzene rings is 2. The van der Waals surface area contributed by atoms with Gasteiger partial charge in [-0.05, 0) is 43.3 Å². The summed E-state index contributed by atoms with van der Waals surface area (Å²) < 4.78 is 5.13. The highest BCUT2D eigenvalue weighted by molar-refractivity contribution is 6.07. The lowest BCUT2D eigenvalue weighted by atomic mass is 10.1. The van der Waals surface area contributed by atoms with E-state index in [9.17, 15) is 14.4 Å². The number of carbonyl (C=O) groups is 3. The first-order chi connectivity index (χ1) is 13.5. The Kier molecular flexibility index (Phi) is 5.93. The lowest BCUT2D eigenvalue weighted by Gasteiger charge is -2.17. The molecule has 2 N–H and O–H groups in total. The van der Waals surface area contributed by atoms with Crippen molar-refractivity contribution < 1.29 is 19.1 Å². The minimum atomic E-state index is -0.489. The number of amides is 3. The second-order valence-electron chi connectivity index (χ2n) is 6.50. The number of anilines is 2. The molecule has 1 saturated heterocycles. The Balaban J connectivity index is 1.71. The van der Waals surface area contributed by atoms with E-state index in [4.69, 9.17) is 4.74 Å². The van der Waals surface area contributed by atoms with E-state index in [1.54, 1.807) is 60.5 Å². The Bertz CT molecular complexity index is 879. The summed E-state index contributed by atoms with van der Waals surface area (Å²) in [6.45, 7) is 2.62. The molecule has 0 bridgehead atoms. The Morgan fingerprint density at radius 3 is 2.54 bits per heavy atom. The molecule has 1 atom stereocenters. The lowest BCUT2D eigenvalue weighted by Crippen LogP contribution is -2.29. The van der Waals surface area contributed by atoms with Crippen molar-refractivity contribution in [3.63, 3.8) is 0 Å². The van der Waals surface area contributed by atoms with Crippen molar-refractivity contribution in [3.8, 4) is 5.75 Å². The minimum Gasteiger partial charge on any atom is -0.497 e. The summed E-state index contributed by atoms with van der Waals surface area (Å²) in [5, 5.41) is 5.53. The second-order valence-corrected chi connectivity index (χ2v) is 6.50. The number of hydrogen-bond acceptors (Lipinski definition) is 4. The van der Waals surface area contributed by atoms with Gasteiger partial charge in [0.15, 0.2) is 0 Å². The highest BCUT2D eigenvalue weighted by Gasteiger charge is 2.35. The molecule has 2 aromatic rings. The molecule has 1 aliphatic rings. The summed E-state index contributed by atoms with van der Waals surface area (Å²) in [7, 11) is 1.58. The molecule has 1 fully saturated rings. The van der Waals surface area contributed by atoms with Gasteiger partial charge >= 0.3 is 0 Å². The van der Waals surface area contributed by atoms with Crippen molar-refractivity contribution >= 4 is 29.1 Å². The first-order valence-electron chi connectivity index (χ1n) is 9.16. The molecule has 0 aliphatic carbocycles. The molecule has 1 heterocycles. The normalized spacial score (nSPS) is 16.0. The molecular weight excluding hydrogens is 358 g/mol. The standard InChI is InChI=1S/C21H23N3O4/c1-3-22-21(27)17-6-4-5-7-18(17)23-20(26)14-12-19(25)24(13-14)15-8-10-16(28-2)11-9-15/h4-11,14H,3,12-13H2,1-2H3,(H,22,27)(H,23,26)/t14-/m0/s1. The van der Waals surface area contributed by atoms with E-state index in [2.05, 4.69) is 10.6 Å². The van der Waals surface area contributed by atoms with Crippen molar-refractivity contribution in [2.24, 2.45) is 5.92 Å². The van der Waals surface area contributed by atoms with Crippen LogP contribution in [-0.4, -0.2) is 37.9 Å². The van der Waals surface area contributed by atoms with Crippen molar-refractivity contribution in [2.75, 3.05) is 30.4 Å². The van der Waals surface area contributed by atoms with Crippen molar-refractivity contribution in [3.05, 3.63) is 54.1 Å². The molecule has 3 amide bonds. The van der Waals surface area contributed by atoms with Gasteiger partial charge in [-0.1, -0.05) is 12.1 Å². The van der Waals surface area contributed by atoms with E-state index in [1.807, 2.05) is 6.92 Å². The highest BCUT2D eigenvalue weighted by atomic mass is 16.5. The number of hydrogen-bond donors (Lipinski definition) is 2. The zero-order valence-electron chi connectivity index (χ0n) is 15.9. The molecular formula is C21H23N3O4. The number of methoxy groups -OCH3 is 1. The van der Waals surface area contributed by atoms with Gasteiger partial charge < -0.3 is 20.3 Å². The first-order valence-corrected chi connectivity index (χ1v) is 9.16. The van der Waals surface area contributed by atoms with Crippen LogP contribution in [0.3, 0.4) is 0 Å². The fourth-order valence-electron chi connectivity index (χ4n) is 3.18. The van der Waals surface area contributed by atoms with Crippen LogP contribution in [0, 0.1) is 5.92 Å². The molecule has 0 unspecified atom stereocenters. The quantitative estimate of drug-likeness (QED) is 0.805. The lowest BCUT2D eigenvalue weighted by molar-refractivity contribution is -0.122. The number of para-hydroxylation sites is 1. The minimum absolute atomic E-state index is 0.109. The van der Waals surface area contributed by atoms with Gasteiger partial charge in [-0.25, -0.2) is 0 Å². The van der Waals surface area contributed by atoms with E-state index in [0.29, 0.717) is 30.1 Å². The summed E-state index contributed by atoms with van der Waals surface area (Å²) in [5.41, 5.74) is 1.56. The molecule has 0 radical (unpaired) electrons. The predicted octanol–water partition coefficient (Wildman–Crippen LogP) is 2.44. The zero-order chi connectivity index (χ0) is 20.1. The van der Waals surface area contributed by atoms with Crippen molar-refractivity contribution in [1.29, 1.82) is 0 Å². The molecule has 28 heavy (non-hydrogen) atoms. The van der Waals surface area contributed by atoms with E-state index in [-0.39, 0.29) is 24.1 Å². The Morgan fingerprint density at radius 1 is 1.14 bits per heavy atom. The largest absolute Gasteiger partial charge is 0.497 e. The van der Waals surface area contributed by atoms with Crippen molar-refractivity contribution in [1.82, 2.24) is 5.32 Å². The van der Waals surface area contributed by atoms with Gasteiger partial charge in [-0.2, -0.15) is 0 Å². The average molecular weight is 381 g/mol. The molecule has 2 aromatic carbocycles. The fraction of sp³-hybridized carbons (Fsp3) is 0.286. The number of nitrogens with one attached hydrogen (secondary N) is 2. The van der Waals surface area contributed by atoms with Gasteiger partial charge in [0.2, 0.25) is 11.8 Å². The Morgan fingerprint density at radius 2 is 1.86 bits per heavy atom. The van der Waals surface area contributed by atoms with E-state index in [0.717, 1.165) is 5.69 Å². The summed E-state index contributed by atoms with van der Waals surface area (Å²) in [6.07, 6.45) is 0.126. The third-order valence-electron chi connectivity index (χ3n) is 4.65. The third kappa shape index (κ3) is 4.14. The van der Waals surface area contributed by atoms with E-state index >= 15 is 0 Å². The van der Waals surface area contributed by atoms with Crippen LogP contribution in [0.2, 0.25) is 0 Å². The van der Waals surface area contributed by atoms with E-state index in [1.165, 1.54) is 0 Å². The van der Waals surface area contributed by atoms with Crippen LogP contribution >= 0.6 is 0 Å². The van der Waals surface area contributed by atoms with Gasteiger partial charge in [0.25, 0.3) is 5.91 Å². The van der Waals surface area contributed by atoms with Crippen LogP contribution in [0.25, 0.3) is 0 Å². The monoisotopic (exact) mass is 381 g/mol. The van der Waals surface area contributed by atoms with Crippen LogP contribution in [0.5, 0.6) is 5.75 Å². The smallest absolute Gasteiger partial charge is 0.253 e. The van der Waals surface area contributed by atoms with Crippen LogP contribution in [0.15, 0.2) is 48.5 Å². The molecule has 0 aromatic heterocycles. The first kappa shape index (κ1) is 19.4. The van der Waals surface area contributed by atoms with Gasteiger partial charge in [0.05, 0.1) is 24.3 Å². The van der Waals surface area contributed by atoms with Gasteiger partial charge in [0, 0.05) is 25.2 Å². The maximum absolute atomic E-state index is 12.7. The molecule has 146 valence electrons. The third-order valence-corrected chi connectivity index (χ3v) is 4.65.